The summed E-state index contributed by atoms with van der Waals surface area (Å²) in [6, 6.07) is 8.95. The first-order valence-electron chi connectivity index (χ1n) is 9.82. The fourth-order valence-corrected chi connectivity index (χ4v) is 4.86. The summed E-state index contributed by atoms with van der Waals surface area (Å²) in [6.07, 6.45) is 13.6. The predicted octanol–water partition coefficient (Wildman–Crippen LogP) is 5.03. The van der Waals surface area contributed by atoms with Gasteiger partial charge in [-0.1, -0.05) is 43.0 Å². The van der Waals surface area contributed by atoms with Crippen LogP contribution in [-0.2, 0) is 4.79 Å². The van der Waals surface area contributed by atoms with Crippen LogP contribution in [-0.4, -0.2) is 24.8 Å². The van der Waals surface area contributed by atoms with Gasteiger partial charge < -0.3 is 4.90 Å². The van der Waals surface area contributed by atoms with Crippen LogP contribution in [0, 0.1) is 11.3 Å². The van der Waals surface area contributed by atoms with Gasteiger partial charge in [-0.3, -0.25) is 4.79 Å². The molecule has 136 valence electrons. The number of ketones is 1. The molecule has 4 aliphatic carbocycles. The summed E-state index contributed by atoms with van der Waals surface area (Å²) in [5.74, 6) is 1.17. The molecule has 1 aromatic rings. The molecule has 3 atom stereocenters. The molecular formula is C25H25NO. The number of fused-ring (bicyclic) bond motifs is 1. The Morgan fingerprint density at radius 2 is 1.96 bits per heavy atom. The number of hydrogen-bond acceptors (Lipinski definition) is 2. The van der Waals surface area contributed by atoms with Crippen LogP contribution >= 0.6 is 0 Å². The van der Waals surface area contributed by atoms with Gasteiger partial charge in [-0.25, -0.2) is 0 Å². The number of allylic oxidation sites excluding steroid dienone is 8. The van der Waals surface area contributed by atoms with Gasteiger partial charge in [0.1, 0.15) is 0 Å². The Hall–Kier alpha value is -2.61. The first-order valence-corrected chi connectivity index (χ1v) is 9.82. The second kappa shape index (κ2) is 5.69. The van der Waals surface area contributed by atoms with Crippen LogP contribution in [0.2, 0.25) is 0 Å². The van der Waals surface area contributed by atoms with Crippen LogP contribution in [0.15, 0.2) is 78.1 Å². The predicted molar refractivity (Wildman–Crippen MR) is 110 cm³/mol. The lowest BCUT2D eigenvalue weighted by Gasteiger charge is -2.20. The molecule has 0 radical (unpaired) electrons. The van der Waals surface area contributed by atoms with Gasteiger partial charge in [-0.15, -0.1) is 0 Å². The number of carbonyl (C=O) groups is 1. The summed E-state index contributed by atoms with van der Waals surface area (Å²) < 4.78 is 0. The fourth-order valence-electron chi connectivity index (χ4n) is 4.86. The lowest BCUT2D eigenvalue weighted by atomic mass is 9.84. The third-order valence-electron chi connectivity index (χ3n) is 6.55. The molecule has 0 aliphatic heterocycles. The molecule has 0 aromatic heterocycles. The SMILES string of the molecule is C=C1C2=CC2C(c2ccc([C@H]3C[C@@]34CCC=CC4=O)cc2)=C/C1=C/N(C)C. The molecule has 1 unspecified atom stereocenters. The van der Waals surface area contributed by atoms with Gasteiger partial charge in [0.15, 0.2) is 5.78 Å². The van der Waals surface area contributed by atoms with E-state index in [4.69, 9.17) is 0 Å². The summed E-state index contributed by atoms with van der Waals surface area (Å²) in [6.45, 7) is 4.26. The summed E-state index contributed by atoms with van der Waals surface area (Å²) >= 11 is 0. The van der Waals surface area contributed by atoms with E-state index in [9.17, 15) is 4.79 Å². The van der Waals surface area contributed by atoms with Gasteiger partial charge in [-0.2, -0.15) is 0 Å². The maximum Gasteiger partial charge on any atom is 0.162 e. The quantitative estimate of drug-likeness (QED) is 0.757. The Morgan fingerprint density at radius 3 is 2.67 bits per heavy atom. The van der Waals surface area contributed by atoms with E-state index in [0.29, 0.717) is 17.6 Å². The van der Waals surface area contributed by atoms with Crippen molar-refractivity contribution in [3.63, 3.8) is 0 Å². The van der Waals surface area contributed by atoms with Crippen molar-refractivity contribution in [1.82, 2.24) is 4.90 Å². The van der Waals surface area contributed by atoms with Crippen molar-refractivity contribution < 1.29 is 4.79 Å². The highest BCUT2D eigenvalue weighted by Crippen LogP contribution is 2.64. The monoisotopic (exact) mass is 355 g/mol. The minimum Gasteiger partial charge on any atom is -0.383 e. The highest BCUT2D eigenvalue weighted by Gasteiger charge is 2.59. The Kier molecular flexibility index (Phi) is 3.49. The lowest BCUT2D eigenvalue weighted by Crippen LogP contribution is -2.18. The van der Waals surface area contributed by atoms with Gasteiger partial charge in [0.05, 0.1) is 0 Å². The Labute approximate surface area is 161 Å². The maximum absolute atomic E-state index is 12.4. The van der Waals surface area contributed by atoms with Crippen molar-refractivity contribution in [1.29, 1.82) is 0 Å². The third-order valence-corrected chi connectivity index (χ3v) is 6.55. The molecule has 0 saturated heterocycles. The second-order valence-corrected chi connectivity index (χ2v) is 8.57. The first kappa shape index (κ1) is 16.6. The Morgan fingerprint density at radius 1 is 1.19 bits per heavy atom. The lowest BCUT2D eigenvalue weighted by molar-refractivity contribution is -0.120. The molecule has 2 nitrogen and oxygen atoms in total. The van der Waals surface area contributed by atoms with Gasteiger partial charge in [0.2, 0.25) is 0 Å². The molecule has 1 fully saturated rings. The third kappa shape index (κ3) is 2.58. The van der Waals surface area contributed by atoms with Crippen LogP contribution in [0.25, 0.3) is 5.57 Å². The van der Waals surface area contributed by atoms with Gasteiger partial charge in [-0.05, 0) is 70.8 Å². The molecule has 1 saturated carbocycles. The average molecular weight is 355 g/mol. The topological polar surface area (TPSA) is 20.3 Å². The van der Waals surface area contributed by atoms with Crippen molar-refractivity contribution in [2.75, 3.05) is 14.1 Å². The summed E-state index contributed by atoms with van der Waals surface area (Å²) in [5, 5.41) is 0. The normalized spacial score (nSPS) is 32.3. The van der Waals surface area contributed by atoms with Crippen LogP contribution in [0.1, 0.15) is 36.3 Å². The van der Waals surface area contributed by atoms with Crippen LogP contribution in [0.3, 0.4) is 0 Å². The van der Waals surface area contributed by atoms with Crippen LogP contribution < -0.4 is 0 Å². The zero-order valence-corrected chi connectivity index (χ0v) is 16.0. The Balaban J connectivity index is 1.41. The van der Waals surface area contributed by atoms with E-state index in [1.165, 1.54) is 27.8 Å². The highest BCUT2D eigenvalue weighted by molar-refractivity contribution is 5.99. The molecule has 1 aromatic carbocycles. The second-order valence-electron chi connectivity index (χ2n) is 8.57. The van der Waals surface area contributed by atoms with Crippen molar-refractivity contribution in [3.8, 4) is 0 Å². The molecule has 5 rings (SSSR count). The molecule has 0 amide bonds. The van der Waals surface area contributed by atoms with Crippen molar-refractivity contribution in [3.05, 3.63) is 89.2 Å². The number of carbonyl (C=O) groups excluding carboxylic acids is 1. The maximum atomic E-state index is 12.4. The minimum absolute atomic E-state index is 0.0923. The summed E-state index contributed by atoms with van der Waals surface area (Å²) in [5.41, 5.74) is 7.57. The van der Waals surface area contributed by atoms with E-state index in [2.05, 4.69) is 54.1 Å². The van der Waals surface area contributed by atoms with Gasteiger partial charge in [0.25, 0.3) is 0 Å². The van der Waals surface area contributed by atoms with Gasteiger partial charge >= 0.3 is 0 Å². The molecule has 4 aliphatic rings. The highest BCUT2D eigenvalue weighted by atomic mass is 16.1. The molecule has 0 heterocycles. The van der Waals surface area contributed by atoms with Crippen molar-refractivity contribution >= 4 is 11.4 Å². The van der Waals surface area contributed by atoms with E-state index >= 15 is 0 Å². The van der Waals surface area contributed by atoms with Crippen LogP contribution in [0.5, 0.6) is 0 Å². The van der Waals surface area contributed by atoms with Crippen molar-refractivity contribution in [2.45, 2.75) is 25.2 Å². The number of nitrogens with zero attached hydrogens (tertiary/aromatic N) is 1. The largest absolute Gasteiger partial charge is 0.383 e. The summed E-state index contributed by atoms with van der Waals surface area (Å²) in [4.78, 5) is 14.4. The Bertz CT molecular complexity index is 970. The standard InChI is InChI=1S/C25H25NO/c1-16-19(15-26(2)3)12-21(22-13-20(16)22)17-7-9-18(10-8-17)23-14-25(23)11-5-4-6-24(25)27/h4,6-10,12-13,15,22-23H,1,5,11,14H2,2-3H3/b19-15-/t22?,23-,25+/m1/s1. The van der Waals surface area contributed by atoms with Crippen molar-refractivity contribution in [2.24, 2.45) is 11.3 Å². The molecule has 27 heavy (non-hydrogen) atoms. The fraction of sp³-hybridized carbons (Fsp3) is 0.320. The first-order chi connectivity index (χ1) is 13.0. The van der Waals surface area contributed by atoms with Gasteiger partial charge in [0, 0.05) is 31.6 Å². The average Bonchev–Trinajstić information content (AvgIpc) is 3.55. The van der Waals surface area contributed by atoms with E-state index in [1.807, 2.05) is 20.2 Å². The molecule has 0 N–H and O–H groups in total. The number of hydrogen-bond donors (Lipinski definition) is 0. The minimum atomic E-state index is -0.0923. The zero-order valence-electron chi connectivity index (χ0n) is 16.0. The molecule has 2 heteroatoms. The van der Waals surface area contributed by atoms with E-state index < -0.39 is 0 Å². The molecular weight excluding hydrogens is 330 g/mol. The number of benzene rings is 1. The number of rotatable bonds is 3. The summed E-state index contributed by atoms with van der Waals surface area (Å²) in [7, 11) is 4.09. The molecule has 0 bridgehead atoms. The van der Waals surface area contributed by atoms with E-state index in [0.717, 1.165) is 24.8 Å². The van der Waals surface area contributed by atoms with E-state index in [-0.39, 0.29) is 5.41 Å². The smallest absolute Gasteiger partial charge is 0.162 e. The zero-order chi connectivity index (χ0) is 18.8. The van der Waals surface area contributed by atoms with Crippen LogP contribution in [0.4, 0.5) is 0 Å². The molecule has 1 spiro atoms. The van der Waals surface area contributed by atoms with E-state index in [1.54, 1.807) is 6.08 Å².